The van der Waals surface area contributed by atoms with E-state index >= 15 is 0 Å². The van der Waals surface area contributed by atoms with Crippen molar-refractivity contribution in [3.8, 4) is 0 Å². The molecule has 0 aliphatic carbocycles. The maximum absolute atomic E-state index is 13.1. The normalized spacial score (nSPS) is 14.0. The highest BCUT2D eigenvalue weighted by Gasteiger charge is 2.24. The van der Waals surface area contributed by atoms with Crippen molar-refractivity contribution < 1.29 is 9.18 Å². The molecule has 2 rings (SSSR count). The van der Waals surface area contributed by atoms with Crippen LogP contribution in [0.5, 0.6) is 0 Å². The lowest BCUT2D eigenvalue weighted by Crippen LogP contribution is -2.36. The summed E-state index contributed by atoms with van der Waals surface area (Å²) in [6, 6.07) is 9.90. The molecule has 0 bridgehead atoms. The highest BCUT2D eigenvalue weighted by molar-refractivity contribution is 9.10. The molecular formula is C16H17BrFNOS. The number of benzene rings is 1. The van der Waals surface area contributed by atoms with Gasteiger partial charge in [-0.15, -0.1) is 11.3 Å². The first-order chi connectivity index (χ1) is 9.99. The van der Waals surface area contributed by atoms with Crippen LogP contribution in [0, 0.1) is 11.7 Å². The first-order valence-corrected chi connectivity index (χ1v) is 8.52. The highest BCUT2D eigenvalue weighted by Crippen LogP contribution is 2.27. The van der Waals surface area contributed by atoms with Crippen LogP contribution in [0.1, 0.15) is 30.3 Å². The van der Waals surface area contributed by atoms with Gasteiger partial charge in [-0.25, -0.2) is 4.39 Å². The van der Waals surface area contributed by atoms with Crippen LogP contribution in [0.4, 0.5) is 4.39 Å². The lowest BCUT2D eigenvalue weighted by Gasteiger charge is -2.21. The van der Waals surface area contributed by atoms with Crippen LogP contribution in [0.2, 0.25) is 0 Å². The van der Waals surface area contributed by atoms with Gasteiger partial charge in [0.2, 0.25) is 5.91 Å². The predicted molar refractivity (Wildman–Crippen MR) is 88.3 cm³/mol. The lowest BCUT2D eigenvalue weighted by atomic mass is 10.0. The fourth-order valence-corrected chi connectivity index (χ4v) is 2.89. The largest absolute Gasteiger partial charge is 0.343 e. The Balaban J connectivity index is 2.25. The van der Waals surface area contributed by atoms with Gasteiger partial charge < -0.3 is 5.32 Å². The number of carbonyl (C=O) groups is 1. The molecule has 5 heteroatoms. The van der Waals surface area contributed by atoms with E-state index in [1.807, 2.05) is 31.4 Å². The van der Waals surface area contributed by atoms with Crippen LogP contribution >= 0.6 is 27.3 Å². The standard InChI is InChI=1S/C16H17BrFNOS/c1-10(2)14(17)16(20)19-15(13-4-3-9-21-13)11-5-7-12(18)8-6-11/h3-10,14-15H,1-2H3,(H,19,20). The molecule has 2 nitrogen and oxygen atoms in total. The molecule has 2 atom stereocenters. The van der Waals surface area contributed by atoms with Gasteiger partial charge in [-0.2, -0.15) is 0 Å². The van der Waals surface area contributed by atoms with Gasteiger partial charge in [-0.05, 0) is 35.1 Å². The first kappa shape index (κ1) is 16.2. The molecule has 0 fully saturated rings. The van der Waals surface area contributed by atoms with Crippen LogP contribution < -0.4 is 5.32 Å². The third-order valence-electron chi connectivity index (χ3n) is 3.15. The molecule has 0 spiro atoms. The van der Waals surface area contributed by atoms with E-state index in [0.717, 1.165) is 10.4 Å². The smallest absolute Gasteiger partial charge is 0.234 e. The highest BCUT2D eigenvalue weighted by atomic mass is 79.9. The van der Waals surface area contributed by atoms with Crippen molar-refractivity contribution in [1.82, 2.24) is 5.32 Å². The first-order valence-electron chi connectivity index (χ1n) is 6.72. The fourth-order valence-electron chi connectivity index (χ4n) is 1.95. The Bertz CT molecular complexity index is 583. The van der Waals surface area contributed by atoms with Crippen molar-refractivity contribution in [2.24, 2.45) is 5.92 Å². The van der Waals surface area contributed by atoms with Gasteiger partial charge in [0.1, 0.15) is 5.82 Å². The molecule has 1 aromatic heterocycles. The van der Waals surface area contributed by atoms with Crippen molar-refractivity contribution >= 4 is 33.2 Å². The minimum atomic E-state index is -0.282. The molecule has 2 unspecified atom stereocenters. The van der Waals surface area contributed by atoms with Gasteiger partial charge in [0.15, 0.2) is 0 Å². The summed E-state index contributed by atoms with van der Waals surface area (Å²) in [5, 5.41) is 5.00. The van der Waals surface area contributed by atoms with Crippen LogP contribution in [0.3, 0.4) is 0 Å². The number of hydrogen-bond acceptors (Lipinski definition) is 2. The number of hydrogen-bond donors (Lipinski definition) is 1. The van der Waals surface area contributed by atoms with Crippen molar-refractivity contribution in [3.63, 3.8) is 0 Å². The van der Waals surface area contributed by atoms with Crippen molar-refractivity contribution in [2.75, 3.05) is 0 Å². The molecule has 21 heavy (non-hydrogen) atoms. The summed E-state index contributed by atoms with van der Waals surface area (Å²) in [6.45, 7) is 3.97. The summed E-state index contributed by atoms with van der Waals surface area (Å²) in [4.78, 5) is 13.1. The Morgan fingerprint density at radius 2 is 1.90 bits per heavy atom. The van der Waals surface area contributed by atoms with E-state index in [9.17, 15) is 9.18 Å². The summed E-state index contributed by atoms with van der Waals surface area (Å²) >= 11 is 4.98. The van der Waals surface area contributed by atoms with Gasteiger partial charge in [-0.1, -0.05) is 48.0 Å². The second-order valence-corrected chi connectivity index (χ2v) is 7.12. The molecule has 0 saturated heterocycles. The minimum Gasteiger partial charge on any atom is -0.343 e. The third kappa shape index (κ3) is 4.14. The predicted octanol–water partition coefficient (Wildman–Crippen LogP) is 4.51. The number of nitrogens with one attached hydrogen (secondary N) is 1. The quantitative estimate of drug-likeness (QED) is 0.771. The average molecular weight is 370 g/mol. The van der Waals surface area contributed by atoms with E-state index in [1.54, 1.807) is 23.5 Å². The molecule has 0 aliphatic heterocycles. The molecule has 112 valence electrons. The topological polar surface area (TPSA) is 29.1 Å². The Kier molecular flexibility index (Phi) is 5.53. The molecule has 1 N–H and O–H groups in total. The van der Waals surface area contributed by atoms with E-state index in [-0.39, 0.29) is 28.5 Å². The third-order valence-corrected chi connectivity index (χ3v) is 5.56. The zero-order valence-corrected chi connectivity index (χ0v) is 14.2. The Morgan fingerprint density at radius 3 is 2.43 bits per heavy atom. The Morgan fingerprint density at radius 1 is 1.24 bits per heavy atom. The molecular weight excluding hydrogens is 353 g/mol. The van der Waals surface area contributed by atoms with Gasteiger partial charge in [0.05, 0.1) is 10.9 Å². The van der Waals surface area contributed by atoms with Gasteiger partial charge in [-0.3, -0.25) is 4.79 Å². The van der Waals surface area contributed by atoms with Crippen LogP contribution in [0.15, 0.2) is 41.8 Å². The van der Waals surface area contributed by atoms with Crippen LogP contribution in [-0.2, 0) is 4.79 Å². The number of thiophene rings is 1. The summed E-state index contributed by atoms with van der Waals surface area (Å²) in [6.07, 6.45) is 0. The van der Waals surface area contributed by atoms with E-state index in [0.29, 0.717) is 0 Å². The number of carbonyl (C=O) groups excluding carboxylic acids is 1. The Hall–Kier alpha value is -1.20. The summed E-state index contributed by atoms with van der Waals surface area (Å²) in [7, 11) is 0. The second kappa shape index (κ2) is 7.18. The number of alkyl halides is 1. The molecule has 0 radical (unpaired) electrons. The molecule has 0 saturated carbocycles. The zero-order chi connectivity index (χ0) is 15.4. The monoisotopic (exact) mass is 369 g/mol. The molecule has 1 heterocycles. The molecule has 2 aromatic rings. The van der Waals surface area contributed by atoms with E-state index in [1.165, 1.54) is 12.1 Å². The maximum atomic E-state index is 13.1. The van der Waals surface area contributed by atoms with Crippen molar-refractivity contribution in [1.29, 1.82) is 0 Å². The number of amides is 1. The lowest BCUT2D eigenvalue weighted by molar-refractivity contribution is -0.121. The summed E-state index contributed by atoms with van der Waals surface area (Å²) in [5.41, 5.74) is 0.871. The zero-order valence-electron chi connectivity index (χ0n) is 11.8. The number of rotatable bonds is 5. The maximum Gasteiger partial charge on any atom is 0.234 e. The van der Waals surface area contributed by atoms with Gasteiger partial charge >= 0.3 is 0 Å². The SMILES string of the molecule is CC(C)C(Br)C(=O)NC(c1ccc(F)cc1)c1cccs1. The van der Waals surface area contributed by atoms with Gasteiger partial charge in [0.25, 0.3) is 0 Å². The van der Waals surface area contributed by atoms with Crippen LogP contribution in [-0.4, -0.2) is 10.7 Å². The molecule has 1 aromatic carbocycles. The minimum absolute atomic E-state index is 0.0623. The van der Waals surface area contributed by atoms with Crippen molar-refractivity contribution in [2.45, 2.75) is 24.7 Å². The van der Waals surface area contributed by atoms with E-state index < -0.39 is 0 Å². The average Bonchev–Trinajstić information content (AvgIpc) is 2.98. The van der Waals surface area contributed by atoms with E-state index in [2.05, 4.69) is 21.2 Å². The molecule has 0 aliphatic rings. The number of halogens is 2. The van der Waals surface area contributed by atoms with Gasteiger partial charge in [0, 0.05) is 4.88 Å². The molecule has 1 amide bonds. The summed E-state index contributed by atoms with van der Waals surface area (Å²) in [5.74, 6) is -0.148. The second-order valence-electron chi connectivity index (χ2n) is 5.15. The van der Waals surface area contributed by atoms with Crippen LogP contribution in [0.25, 0.3) is 0 Å². The van der Waals surface area contributed by atoms with Crippen molar-refractivity contribution in [3.05, 3.63) is 58.0 Å². The summed E-state index contributed by atoms with van der Waals surface area (Å²) < 4.78 is 13.1. The Labute approximate surface area is 136 Å². The van der Waals surface area contributed by atoms with E-state index in [4.69, 9.17) is 0 Å². The fraction of sp³-hybridized carbons (Fsp3) is 0.312.